The number of aliphatic hydroxyl groups is 1. The number of nitrogens with one attached hydrogen (secondary N) is 1. The Morgan fingerprint density at radius 3 is 3.06 bits per heavy atom. The Labute approximate surface area is 194 Å². The Morgan fingerprint density at radius 1 is 1.33 bits per heavy atom. The summed E-state index contributed by atoms with van der Waals surface area (Å²) >= 11 is 1.65. The zero-order valence-corrected chi connectivity index (χ0v) is 19.0. The smallest absolute Gasteiger partial charge is 0.226 e. The molecule has 2 aliphatic rings. The number of rotatable bonds is 4. The molecule has 0 unspecified atom stereocenters. The van der Waals surface area contributed by atoms with Crippen LogP contribution in [0.15, 0.2) is 30.9 Å². The van der Waals surface area contributed by atoms with Crippen LogP contribution in [-0.4, -0.2) is 61.8 Å². The molecule has 1 amide bonds. The van der Waals surface area contributed by atoms with E-state index in [4.69, 9.17) is 4.74 Å². The van der Waals surface area contributed by atoms with E-state index in [1.54, 1.807) is 35.5 Å². The van der Waals surface area contributed by atoms with Crippen LogP contribution in [0.4, 0.5) is 11.5 Å². The zero-order valence-electron chi connectivity index (χ0n) is 18.2. The van der Waals surface area contributed by atoms with E-state index in [2.05, 4.69) is 20.4 Å². The second kappa shape index (κ2) is 7.96. The van der Waals surface area contributed by atoms with Crippen molar-refractivity contribution in [3.8, 4) is 5.75 Å². The highest BCUT2D eigenvalue weighted by Gasteiger charge is 2.34. The lowest BCUT2D eigenvalue weighted by atomic mass is 9.87. The van der Waals surface area contributed by atoms with Crippen LogP contribution in [0.1, 0.15) is 23.3 Å². The minimum absolute atomic E-state index is 0.0374. The lowest BCUT2D eigenvalue weighted by Crippen LogP contribution is -2.37. The van der Waals surface area contributed by atoms with Gasteiger partial charge in [0.15, 0.2) is 5.75 Å². The van der Waals surface area contributed by atoms with Crippen molar-refractivity contribution in [3.05, 3.63) is 41.3 Å². The summed E-state index contributed by atoms with van der Waals surface area (Å²) < 4.78 is 7.34. The van der Waals surface area contributed by atoms with Crippen molar-refractivity contribution in [2.75, 3.05) is 25.5 Å². The normalized spacial score (nSPS) is 20.4. The van der Waals surface area contributed by atoms with Crippen molar-refractivity contribution in [1.82, 2.24) is 24.5 Å². The number of pyridine rings is 1. The Bertz CT molecular complexity index is 1370. The predicted molar refractivity (Wildman–Crippen MR) is 125 cm³/mol. The summed E-state index contributed by atoms with van der Waals surface area (Å²) in [7, 11) is 1.63. The average Bonchev–Trinajstić information content (AvgIpc) is 3.55. The largest absolute Gasteiger partial charge is 0.493 e. The molecule has 0 bridgehead atoms. The third-order valence-corrected chi connectivity index (χ3v) is 7.80. The third kappa shape index (κ3) is 3.50. The molecule has 170 valence electrons. The van der Waals surface area contributed by atoms with Gasteiger partial charge in [0.1, 0.15) is 17.0 Å². The number of aliphatic hydroxyl groups excluding tert-OH is 1. The fraction of sp³-hybridized carbons (Fsp3) is 0.391. The van der Waals surface area contributed by atoms with Gasteiger partial charge in [-0.2, -0.15) is 5.10 Å². The number of carbonyl (C=O) groups excluding carboxylic acids is 1. The number of hydrogen-bond acceptors (Lipinski definition) is 8. The van der Waals surface area contributed by atoms with Crippen LogP contribution in [0.5, 0.6) is 5.75 Å². The van der Waals surface area contributed by atoms with Crippen molar-refractivity contribution in [2.45, 2.75) is 31.8 Å². The van der Waals surface area contributed by atoms with Crippen LogP contribution in [-0.2, 0) is 17.6 Å². The van der Waals surface area contributed by atoms with Gasteiger partial charge in [0.25, 0.3) is 0 Å². The molecular weight excluding hydrogens is 440 g/mol. The Morgan fingerprint density at radius 2 is 2.24 bits per heavy atom. The van der Waals surface area contributed by atoms with Crippen LogP contribution in [0, 0.1) is 5.92 Å². The van der Waals surface area contributed by atoms with Crippen LogP contribution in [0.3, 0.4) is 0 Å². The lowest BCUT2D eigenvalue weighted by Gasteiger charge is -2.26. The first kappa shape index (κ1) is 20.4. The first-order valence-electron chi connectivity index (χ1n) is 11.1. The Kier molecular flexibility index (Phi) is 4.92. The van der Waals surface area contributed by atoms with Crippen molar-refractivity contribution < 1.29 is 14.6 Å². The fourth-order valence-corrected chi connectivity index (χ4v) is 6.22. The molecule has 2 atom stereocenters. The van der Waals surface area contributed by atoms with Crippen molar-refractivity contribution in [3.63, 3.8) is 0 Å². The molecule has 1 aliphatic carbocycles. The molecule has 5 heterocycles. The van der Waals surface area contributed by atoms with Crippen molar-refractivity contribution >= 4 is 44.5 Å². The van der Waals surface area contributed by atoms with Gasteiger partial charge in [-0.25, -0.2) is 14.5 Å². The molecule has 0 aromatic carbocycles. The molecule has 4 aromatic rings. The van der Waals surface area contributed by atoms with E-state index in [0.717, 1.165) is 40.1 Å². The second-order valence-electron chi connectivity index (χ2n) is 8.65. The monoisotopic (exact) mass is 464 g/mol. The highest BCUT2D eigenvalue weighted by molar-refractivity contribution is 7.19. The maximum absolute atomic E-state index is 13.0. The van der Waals surface area contributed by atoms with Gasteiger partial charge in [0.05, 0.1) is 36.0 Å². The van der Waals surface area contributed by atoms with E-state index in [-0.39, 0.29) is 17.9 Å². The van der Waals surface area contributed by atoms with Crippen molar-refractivity contribution in [2.24, 2.45) is 5.92 Å². The summed E-state index contributed by atoms with van der Waals surface area (Å²) in [6.45, 7) is 1.11. The Balaban J connectivity index is 1.33. The number of hydrogen-bond donors (Lipinski definition) is 2. The van der Waals surface area contributed by atoms with E-state index in [0.29, 0.717) is 31.7 Å². The maximum Gasteiger partial charge on any atom is 0.226 e. The summed E-state index contributed by atoms with van der Waals surface area (Å²) in [4.78, 5) is 26.0. The van der Waals surface area contributed by atoms with E-state index in [1.165, 1.54) is 10.4 Å². The van der Waals surface area contributed by atoms with Gasteiger partial charge in [-0.1, -0.05) is 0 Å². The number of thiophene rings is 1. The molecule has 2 N–H and O–H groups in total. The van der Waals surface area contributed by atoms with Gasteiger partial charge >= 0.3 is 0 Å². The number of carbonyl (C=O) groups is 1. The van der Waals surface area contributed by atoms with Gasteiger partial charge in [-0.3, -0.25) is 4.79 Å². The lowest BCUT2D eigenvalue weighted by molar-refractivity contribution is -0.135. The number of aromatic nitrogens is 4. The van der Waals surface area contributed by atoms with Crippen molar-refractivity contribution in [1.29, 1.82) is 0 Å². The topological polar surface area (TPSA) is 105 Å². The molecule has 6 rings (SSSR count). The molecule has 1 fully saturated rings. The first-order valence-corrected chi connectivity index (χ1v) is 11.9. The van der Waals surface area contributed by atoms with Gasteiger partial charge in [-0.15, -0.1) is 11.3 Å². The van der Waals surface area contributed by atoms with Crippen LogP contribution < -0.4 is 10.1 Å². The summed E-state index contributed by atoms with van der Waals surface area (Å²) in [5.41, 5.74) is 2.99. The fourth-order valence-electron chi connectivity index (χ4n) is 4.95. The van der Waals surface area contributed by atoms with Gasteiger partial charge in [-0.05, 0) is 43.4 Å². The molecule has 1 aliphatic heterocycles. The molecule has 9 nitrogen and oxygen atoms in total. The number of methoxy groups -OCH3 is 1. The van der Waals surface area contributed by atoms with Crippen LogP contribution in [0.2, 0.25) is 0 Å². The summed E-state index contributed by atoms with van der Waals surface area (Å²) in [5.74, 6) is 1.54. The number of aryl methyl sites for hydroxylation is 1. The summed E-state index contributed by atoms with van der Waals surface area (Å²) in [6.07, 6.45) is 7.76. The molecule has 0 saturated carbocycles. The molecule has 33 heavy (non-hydrogen) atoms. The molecular formula is C23H24N6O3S. The third-order valence-electron chi connectivity index (χ3n) is 6.64. The first-order chi connectivity index (χ1) is 16.1. The molecule has 4 aromatic heterocycles. The molecule has 0 spiro atoms. The highest BCUT2D eigenvalue weighted by Crippen LogP contribution is 2.41. The predicted octanol–water partition coefficient (Wildman–Crippen LogP) is 2.79. The number of amides is 1. The molecule has 1 saturated heterocycles. The van der Waals surface area contributed by atoms with E-state index < -0.39 is 0 Å². The van der Waals surface area contributed by atoms with Gasteiger partial charge in [0, 0.05) is 30.1 Å². The molecule has 10 heteroatoms. The Hall–Kier alpha value is -3.24. The maximum atomic E-state index is 13.0. The minimum Gasteiger partial charge on any atom is -0.493 e. The van der Waals surface area contributed by atoms with Crippen LogP contribution in [0.25, 0.3) is 15.7 Å². The average molecular weight is 465 g/mol. The number of ether oxygens (including phenoxy) is 1. The minimum atomic E-state index is -0.389. The number of fused-ring (bicyclic) bond motifs is 4. The van der Waals surface area contributed by atoms with E-state index in [9.17, 15) is 9.90 Å². The quantitative estimate of drug-likeness (QED) is 0.478. The number of anilines is 2. The zero-order chi connectivity index (χ0) is 22.5. The summed E-state index contributed by atoms with van der Waals surface area (Å²) in [5, 5.41) is 18.6. The molecule has 0 radical (unpaired) electrons. The van der Waals surface area contributed by atoms with Gasteiger partial charge in [0.2, 0.25) is 5.91 Å². The van der Waals surface area contributed by atoms with Crippen LogP contribution >= 0.6 is 11.3 Å². The van der Waals surface area contributed by atoms with E-state index in [1.807, 2.05) is 23.2 Å². The second-order valence-corrected chi connectivity index (χ2v) is 9.74. The number of likely N-dealkylation sites (tertiary alicyclic amines) is 1. The standard InChI is InChI=1S/C23H24N6O3S/c1-32-18-11-29-14(4-6-26-29)9-17(18)27-21-20-16-3-2-13(23(31)28-7-5-15(30)10-28)8-19(16)33-22(20)25-12-24-21/h4,6,9,11-13,15,30H,2-3,5,7-8,10H2,1H3,(H,24,25,27)/t13-,15+/m0/s1. The highest BCUT2D eigenvalue weighted by atomic mass is 32.1. The number of nitrogens with zero attached hydrogens (tertiary/aromatic N) is 5. The SMILES string of the molecule is COc1cn2nccc2cc1Nc1ncnc2sc3c(c12)CC[C@H](C(=O)N1CC[C@@H](O)C1)C3. The summed E-state index contributed by atoms with van der Waals surface area (Å²) in [6, 6.07) is 3.92. The number of β-amino-alcohol motifs (C(OH)–C–C–N with tert-alkyl or cyclic N) is 1. The van der Waals surface area contributed by atoms with Gasteiger partial charge < -0.3 is 20.1 Å². The van der Waals surface area contributed by atoms with E-state index >= 15 is 0 Å².